The predicted octanol–water partition coefficient (Wildman–Crippen LogP) is 1.53. The van der Waals surface area contributed by atoms with Crippen LogP contribution in [0.3, 0.4) is 0 Å². The first kappa shape index (κ1) is 27.8. The van der Waals surface area contributed by atoms with Gasteiger partial charge in [0.1, 0.15) is 6.04 Å². The summed E-state index contributed by atoms with van der Waals surface area (Å²) >= 11 is 6.02. The van der Waals surface area contributed by atoms with Crippen molar-refractivity contribution in [1.82, 2.24) is 24.3 Å². The highest BCUT2D eigenvalue weighted by Gasteiger charge is 2.34. The molecule has 3 amide bonds. The third-order valence-electron chi connectivity index (χ3n) is 7.78. The topological polar surface area (TPSA) is 110 Å². The van der Waals surface area contributed by atoms with Gasteiger partial charge in [-0.05, 0) is 60.7 Å². The van der Waals surface area contributed by atoms with Crippen LogP contribution < -0.4 is 4.72 Å². The van der Waals surface area contributed by atoms with Gasteiger partial charge in [-0.3, -0.25) is 19.3 Å². The van der Waals surface area contributed by atoms with Gasteiger partial charge in [0.2, 0.25) is 27.7 Å². The molecule has 12 heteroatoms. The lowest BCUT2D eigenvalue weighted by Crippen LogP contribution is -2.56. The van der Waals surface area contributed by atoms with Crippen molar-refractivity contribution < 1.29 is 22.8 Å². The molecule has 1 atom stereocenters. The van der Waals surface area contributed by atoms with Crippen LogP contribution in [-0.4, -0.2) is 111 Å². The molecular formula is C27H34ClN5O5S. The molecule has 3 aliphatic rings. The average Bonchev–Trinajstić information content (AvgIpc) is 3.46. The van der Waals surface area contributed by atoms with Crippen LogP contribution in [0.5, 0.6) is 0 Å². The van der Waals surface area contributed by atoms with Crippen molar-refractivity contribution >= 4 is 50.1 Å². The van der Waals surface area contributed by atoms with E-state index in [1.807, 2.05) is 4.90 Å². The van der Waals surface area contributed by atoms with Gasteiger partial charge in [0.15, 0.2) is 0 Å². The van der Waals surface area contributed by atoms with Crippen molar-refractivity contribution in [2.45, 2.75) is 36.6 Å². The summed E-state index contributed by atoms with van der Waals surface area (Å²) in [6.07, 6.45) is 3.08. The van der Waals surface area contributed by atoms with E-state index >= 15 is 0 Å². The predicted molar refractivity (Wildman–Crippen MR) is 148 cm³/mol. The second kappa shape index (κ2) is 11.8. The number of likely N-dealkylation sites (tertiary alicyclic amines) is 2. The van der Waals surface area contributed by atoms with E-state index in [2.05, 4.69) is 9.62 Å². The van der Waals surface area contributed by atoms with Crippen LogP contribution in [-0.2, 0) is 24.4 Å². The Labute approximate surface area is 233 Å². The maximum Gasteiger partial charge on any atom is 0.242 e. The highest BCUT2D eigenvalue weighted by molar-refractivity contribution is 7.89. The van der Waals surface area contributed by atoms with Gasteiger partial charge in [0.25, 0.3) is 0 Å². The Bertz CT molecular complexity index is 1360. The normalized spacial score (nSPS) is 21.1. The molecule has 0 aliphatic carbocycles. The quantitative estimate of drug-likeness (QED) is 0.536. The molecule has 5 rings (SSSR count). The van der Waals surface area contributed by atoms with Gasteiger partial charge in [-0.15, -0.1) is 0 Å². The number of amides is 3. The minimum absolute atomic E-state index is 0.0689. The zero-order valence-corrected chi connectivity index (χ0v) is 23.4. The van der Waals surface area contributed by atoms with Gasteiger partial charge < -0.3 is 14.7 Å². The summed E-state index contributed by atoms with van der Waals surface area (Å²) in [5.74, 6) is -0.404. The van der Waals surface area contributed by atoms with Crippen molar-refractivity contribution in [1.29, 1.82) is 0 Å². The summed E-state index contributed by atoms with van der Waals surface area (Å²) < 4.78 is 28.8. The monoisotopic (exact) mass is 575 g/mol. The van der Waals surface area contributed by atoms with Crippen LogP contribution in [0.15, 0.2) is 41.3 Å². The van der Waals surface area contributed by atoms with Crippen molar-refractivity contribution in [2.24, 2.45) is 0 Å². The number of fused-ring (bicyclic) bond motifs is 1. The van der Waals surface area contributed by atoms with E-state index in [0.717, 1.165) is 36.7 Å². The summed E-state index contributed by atoms with van der Waals surface area (Å²) in [5, 5.41) is 2.11. The molecule has 3 aliphatic heterocycles. The van der Waals surface area contributed by atoms with Crippen molar-refractivity contribution in [3.05, 3.63) is 41.4 Å². The molecule has 1 N–H and O–H groups in total. The number of carbonyl (C=O) groups excluding carboxylic acids is 3. The molecule has 2 aromatic rings. The van der Waals surface area contributed by atoms with Crippen molar-refractivity contribution in [3.8, 4) is 0 Å². The smallest absolute Gasteiger partial charge is 0.242 e. The zero-order chi connectivity index (χ0) is 27.6. The summed E-state index contributed by atoms with van der Waals surface area (Å²) in [4.78, 5) is 45.8. The zero-order valence-electron chi connectivity index (χ0n) is 21.9. The lowest BCUT2D eigenvalue weighted by molar-refractivity contribution is -0.144. The van der Waals surface area contributed by atoms with E-state index in [0.29, 0.717) is 57.1 Å². The van der Waals surface area contributed by atoms with Gasteiger partial charge in [0.05, 0.1) is 18.0 Å². The fraction of sp³-hybridized carbons (Fsp3) is 0.519. The fourth-order valence-corrected chi connectivity index (χ4v) is 6.94. The Kier molecular flexibility index (Phi) is 8.41. The number of piperazine rings is 1. The molecule has 0 bridgehead atoms. The summed E-state index contributed by atoms with van der Waals surface area (Å²) in [7, 11) is -3.95. The molecule has 210 valence electrons. The standard InChI is InChI=1S/C27H34ClN5O5S/c28-22-7-5-21-17-23(8-6-20(21)16-22)39(37,38)29-24-4-3-11-33(27(24)36)19-26(35)32-14-12-30(13-15-32)18-25(34)31-9-1-2-10-31/h5-8,16-17,24,29H,1-4,9-15,18-19H2. The molecule has 0 spiro atoms. The second-order valence-electron chi connectivity index (χ2n) is 10.5. The van der Waals surface area contributed by atoms with E-state index in [1.54, 1.807) is 35.2 Å². The van der Waals surface area contributed by atoms with E-state index in [1.165, 1.54) is 11.0 Å². The third-order valence-corrected chi connectivity index (χ3v) is 9.49. The lowest BCUT2D eigenvalue weighted by atomic mass is 10.1. The van der Waals surface area contributed by atoms with Crippen LogP contribution >= 0.6 is 11.6 Å². The Balaban J connectivity index is 1.14. The minimum atomic E-state index is -3.95. The molecule has 2 aromatic carbocycles. The molecule has 0 aromatic heterocycles. The Hall–Kier alpha value is -2.73. The number of rotatable bonds is 7. The highest BCUT2D eigenvalue weighted by Crippen LogP contribution is 2.23. The number of benzene rings is 2. The number of hydrogen-bond donors (Lipinski definition) is 1. The van der Waals surface area contributed by atoms with Crippen LogP contribution in [0.2, 0.25) is 5.02 Å². The number of hydrogen-bond acceptors (Lipinski definition) is 6. The first-order valence-electron chi connectivity index (χ1n) is 13.5. The largest absolute Gasteiger partial charge is 0.342 e. The minimum Gasteiger partial charge on any atom is -0.342 e. The first-order chi connectivity index (χ1) is 18.7. The van der Waals surface area contributed by atoms with Gasteiger partial charge in [0, 0.05) is 50.8 Å². The molecule has 0 radical (unpaired) electrons. The molecule has 3 fully saturated rings. The molecule has 1 unspecified atom stereocenters. The molecule has 0 saturated carbocycles. The van der Waals surface area contributed by atoms with Crippen molar-refractivity contribution in [3.63, 3.8) is 0 Å². The van der Waals surface area contributed by atoms with Gasteiger partial charge in [-0.2, -0.15) is 4.72 Å². The van der Waals surface area contributed by atoms with Crippen LogP contribution in [0.4, 0.5) is 0 Å². The number of piperidine rings is 1. The van der Waals surface area contributed by atoms with E-state index in [9.17, 15) is 22.8 Å². The van der Waals surface area contributed by atoms with Crippen molar-refractivity contribution in [2.75, 3.05) is 58.9 Å². The Morgan fingerprint density at radius 2 is 1.46 bits per heavy atom. The maximum atomic E-state index is 13.2. The molecule has 3 heterocycles. The Morgan fingerprint density at radius 3 is 2.21 bits per heavy atom. The number of sulfonamides is 1. The number of nitrogens with zero attached hydrogens (tertiary/aromatic N) is 4. The van der Waals surface area contributed by atoms with E-state index < -0.39 is 16.1 Å². The summed E-state index contributed by atoms with van der Waals surface area (Å²) in [6, 6.07) is 9.02. The van der Waals surface area contributed by atoms with E-state index in [-0.39, 0.29) is 29.2 Å². The SMILES string of the molecule is O=C(CN1CCN(C(=O)CN2CCCC(NS(=O)(=O)c3ccc4cc(Cl)ccc4c3)C2=O)CC1)N1CCCC1. The third kappa shape index (κ3) is 6.54. The Morgan fingerprint density at radius 1 is 0.821 bits per heavy atom. The average molecular weight is 576 g/mol. The number of carbonyl (C=O) groups is 3. The lowest BCUT2D eigenvalue weighted by Gasteiger charge is -2.37. The summed E-state index contributed by atoms with van der Waals surface area (Å²) in [5.41, 5.74) is 0. The highest BCUT2D eigenvalue weighted by atomic mass is 35.5. The second-order valence-corrected chi connectivity index (χ2v) is 12.6. The number of halogens is 1. The van der Waals surface area contributed by atoms with Crippen LogP contribution in [0.25, 0.3) is 10.8 Å². The van der Waals surface area contributed by atoms with Crippen LogP contribution in [0.1, 0.15) is 25.7 Å². The maximum absolute atomic E-state index is 13.2. The fourth-order valence-electron chi connectivity index (χ4n) is 5.50. The molecule has 10 nitrogen and oxygen atoms in total. The van der Waals surface area contributed by atoms with Gasteiger partial charge in [-0.1, -0.05) is 23.7 Å². The molecule has 3 saturated heterocycles. The van der Waals surface area contributed by atoms with Gasteiger partial charge >= 0.3 is 0 Å². The first-order valence-corrected chi connectivity index (χ1v) is 15.3. The summed E-state index contributed by atoms with van der Waals surface area (Å²) in [6.45, 7) is 4.57. The van der Waals surface area contributed by atoms with Gasteiger partial charge in [-0.25, -0.2) is 8.42 Å². The number of nitrogens with one attached hydrogen (secondary N) is 1. The van der Waals surface area contributed by atoms with Crippen LogP contribution in [0, 0.1) is 0 Å². The molecule has 39 heavy (non-hydrogen) atoms. The molecular weight excluding hydrogens is 542 g/mol. The van der Waals surface area contributed by atoms with E-state index in [4.69, 9.17) is 11.6 Å².